The van der Waals surface area contributed by atoms with Gasteiger partial charge in [0.1, 0.15) is 12.3 Å². The summed E-state index contributed by atoms with van der Waals surface area (Å²) >= 11 is 5.87. The van der Waals surface area contributed by atoms with Gasteiger partial charge in [0.25, 0.3) is 0 Å². The summed E-state index contributed by atoms with van der Waals surface area (Å²) < 4.78 is 15.9. The zero-order chi connectivity index (χ0) is 18.6. The Morgan fingerprint density at radius 3 is 2.52 bits per heavy atom. The summed E-state index contributed by atoms with van der Waals surface area (Å²) in [6, 6.07) is 18.2. The molecule has 0 aliphatic rings. The zero-order valence-electron chi connectivity index (χ0n) is 14.0. The predicted molar refractivity (Wildman–Crippen MR) is 98.0 cm³/mol. The number of ether oxygens (including phenoxy) is 1. The highest BCUT2D eigenvalue weighted by molar-refractivity contribution is 6.30. The second-order valence-electron chi connectivity index (χ2n) is 5.66. The van der Waals surface area contributed by atoms with E-state index in [4.69, 9.17) is 25.3 Å². The maximum absolute atomic E-state index is 12.1. The van der Waals surface area contributed by atoms with E-state index in [9.17, 15) is 4.79 Å². The minimum Gasteiger partial charge on any atom is -0.452 e. The molecule has 0 aliphatic heterocycles. The normalized spacial score (nSPS) is 10.7. The molecule has 6 nitrogen and oxygen atoms in total. The highest BCUT2D eigenvalue weighted by atomic mass is 35.5. The predicted octanol–water partition coefficient (Wildman–Crippen LogP) is 5.01. The third-order valence-electron chi connectivity index (χ3n) is 3.78. The molecule has 0 atom stereocenters. The lowest BCUT2D eigenvalue weighted by Gasteiger charge is -1.98. The van der Waals surface area contributed by atoms with E-state index in [0.717, 1.165) is 11.1 Å². The molecule has 0 bridgehead atoms. The summed E-state index contributed by atoms with van der Waals surface area (Å²) in [7, 11) is 0. The summed E-state index contributed by atoms with van der Waals surface area (Å²) in [6.07, 6.45) is 1.49. The molecule has 2 aromatic carbocycles. The van der Waals surface area contributed by atoms with Crippen molar-refractivity contribution in [3.63, 3.8) is 0 Å². The van der Waals surface area contributed by atoms with Gasteiger partial charge in [0.15, 0.2) is 11.5 Å². The van der Waals surface area contributed by atoms with Crippen molar-refractivity contribution in [1.82, 2.24) is 10.1 Å². The Morgan fingerprint density at radius 2 is 1.74 bits per heavy atom. The molecule has 0 fully saturated rings. The van der Waals surface area contributed by atoms with Crippen molar-refractivity contribution < 1.29 is 18.5 Å². The average molecular weight is 381 g/mol. The van der Waals surface area contributed by atoms with Crippen molar-refractivity contribution in [1.29, 1.82) is 0 Å². The Kier molecular flexibility index (Phi) is 4.72. The molecule has 0 saturated carbocycles. The van der Waals surface area contributed by atoms with E-state index in [1.165, 1.54) is 6.20 Å². The first-order valence-electron chi connectivity index (χ1n) is 8.09. The molecule has 27 heavy (non-hydrogen) atoms. The summed E-state index contributed by atoms with van der Waals surface area (Å²) in [5.74, 6) is 0.262. The Morgan fingerprint density at radius 1 is 1.00 bits per heavy atom. The first kappa shape index (κ1) is 17.1. The van der Waals surface area contributed by atoms with Gasteiger partial charge in [0.2, 0.25) is 0 Å². The number of carbonyl (C=O) groups excluding carboxylic acids is 1. The van der Waals surface area contributed by atoms with Gasteiger partial charge >= 0.3 is 11.9 Å². The number of carbonyl (C=O) groups is 1. The maximum atomic E-state index is 12.1. The molecule has 0 saturated heterocycles. The van der Waals surface area contributed by atoms with E-state index in [2.05, 4.69) is 10.1 Å². The van der Waals surface area contributed by atoms with Crippen molar-refractivity contribution >= 4 is 17.6 Å². The van der Waals surface area contributed by atoms with E-state index >= 15 is 0 Å². The van der Waals surface area contributed by atoms with E-state index in [-0.39, 0.29) is 12.5 Å². The smallest absolute Gasteiger partial charge is 0.395 e. The molecule has 0 aliphatic carbocycles. The summed E-state index contributed by atoms with van der Waals surface area (Å²) in [4.78, 5) is 16.1. The molecule has 4 aromatic rings. The molecular formula is C20H13ClN2O4. The van der Waals surface area contributed by atoms with Gasteiger partial charge in [0, 0.05) is 22.2 Å². The van der Waals surface area contributed by atoms with Crippen LogP contribution >= 0.6 is 11.6 Å². The van der Waals surface area contributed by atoms with Crippen LogP contribution in [0.3, 0.4) is 0 Å². The van der Waals surface area contributed by atoms with Gasteiger partial charge in [-0.2, -0.15) is 0 Å². The van der Waals surface area contributed by atoms with Gasteiger partial charge < -0.3 is 13.7 Å². The average Bonchev–Trinajstić information content (AvgIpc) is 3.37. The van der Waals surface area contributed by atoms with Crippen LogP contribution in [0, 0.1) is 0 Å². The molecule has 7 heteroatoms. The topological polar surface area (TPSA) is 78.4 Å². The number of halogens is 1. The van der Waals surface area contributed by atoms with Crippen LogP contribution in [0.5, 0.6) is 0 Å². The number of oxazole rings is 1. The lowest BCUT2D eigenvalue weighted by atomic mass is 10.2. The number of hydrogen-bond donors (Lipinski definition) is 0. The fraction of sp³-hybridized carbons (Fsp3) is 0.0500. The van der Waals surface area contributed by atoms with Crippen LogP contribution in [0.2, 0.25) is 5.02 Å². The number of hydrogen-bond acceptors (Lipinski definition) is 6. The van der Waals surface area contributed by atoms with Crippen LogP contribution in [0.15, 0.2) is 75.8 Å². The van der Waals surface area contributed by atoms with E-state index in [0.29, 0.717) is 22.2 Å². The van der Waals surface area contributed by atoms with Gasteiger partial charge in [-0.05, 0) is 24.3 Å². The van der Waals surface area contributed by atoms with E-state index in [1.54, 1.807) is 18.2 Å². The zero-order valence-corrected chi connectivity index (χ0v) is 14.7. The summed E-state index contributed by atoms with van der Waals surface area (Å²) in [5, 5.41) is 4.53. The summed E-state index contributed by atoms with van der Waals surface area (Å²) in [5.41, 5.74) is 2.13. The highest BCUT2D eigenvalue weighted by Crippen LogP contribution is 2.23. The van der Waals surface area contributed by atoms with Crippen LogP contribution in [-0.4, -0.2) is 16.1 Å². The van der Waals surface area contributed by atoms with Crippen LogP contribution in [0.1, 0.15) is 16.4 Å². The Balaban J connectivity index is 1.40. The summed E-state index contributed by atoms with van der Waals surface area (Å²) in [6.45, 7) is -0.0566. The molecule has 2 heterocycles. The molecule has 0 unspecified atom stereocenters. The van der Waals surface area contributed by atoms with Crippen molar-refractivity contribution in [3.05, 3.63) is 83.5 Å². The minimum atomic E-state index is -0.673. The van der Waals surface area contributed by atoms with E-state index < -0.39 is 5.97 Å². The van der Waals surface area contributed by atoms with Crippen molar-refractivity contribution in [2.75, 3.05) is 0 Å². The highest BCUT2D eigenvalue weighted by Gasteiger charge is 2.17. The van der Waals surface area contributed by atoms with Crippen LogP contribution in [-0.2, 0) is 11.3 Å². The minimum absolute atomic E-state index is 0.0566. The third-order valence-corrected chi connectivity index (χ3v) is 4.03. The van der Waals surface area contributed by atoms with Crippen molar-refractivity contribution in [2.45, 2.75) is 6.61 Å². The fourth-order valence-corrected chi connectivity index (χ4v) is 2.56. The molecular weight excluding hydrogens is 368 g/mol. The standard InChI is InChI=1S/C20H13ClN2O4/c21-15-8-6-14(7-9-15)17-10-16(23-27-17)12-25-20(24)19-22-11-18(26-19)13-4-2-1-3-5-13/h1-11H,12H2. The second-order valence-corrected chi connectivity index (χ2v) is 6.10. The number of benzene rings is 2. The molecule has 0 spiro atoms. The Bertz CT molecular complexity index is 1060. The van der Waals surface area contributed by atoms with Crippen LogP contribution < -0.4 is 0 Å². The number of esters is 1. The van der Waals surface area contributed by atoms with Crippen LogP contribution in [0.4, 0.5) is 0 Å². The molecule has 134 valence electrons. The first-order chi connectivity index (χ1) is 13.2. The Labute approximate surface area is 159 Å². The molecule has 0 amide bonds. The number of rotatable bonds is 5. The number of nitrogens with zero attached hydrogens (tertiary/aromatic N) is 2. The quantitative estimate of drug-likeness (QED) is 0.453. The molecule has 2 aromatic heterocycles. The largest absolute Gasteiger partial charge is 0.452 e. The van der Waals surface area contributed by atoms with Crippen molar-refractivity contribution in [3.8, 4) is 22.6 Å². The number of aromatic nitrogens is 2. The van der Waals surface area contributed by atoms with Gasteiger partial charge in [0.05, 0.1) is 6.20 Å². The lowest BCUT2D eigenvalue weighted by Crippen LogP contribution is -2.05. The van der Waals surface area contributed by atoms with E-state index in [1.807, 2.05) is 42.5 Å². The maximum Gasteiger partial charge on any atom is 0.395 e. The van der Waals surface area contributed by atoms with Crippen molar-refractivity contribution in [2.24, 2.45) is 0 Å². The molecule has 4 rings (SSSR count). The Hall–Kier alpha value is -3.38. The monoisotopic (exact) mass is 380 g/mol. The van der Waals surface area contributed by atoms with Gasteiger partial charge in [-0.15, -0.1) is 0 Å². The molecule has 0 radical (unpaired) electrons. The van der Waals surface area contributed by atoms with Crippen LogP contribution in [0.25, 0.3) is 22.6 Å². The lowest BCUT2D eigenvalue weighted by molar-refractivity contribution is 0.0419. The SMILES string of the molecule is O=C(OCc1cc(-c2ccc(Cl)cc2)on1)c1ncc(-c2ccccc2)o1. The third kappa shape index (κ3) is 3.91. The van der Waals surface area contributed by atoms with Gasteiger partial charge in [-0.25, -0.2) is 9.78 Å². The second kappa shape index (κ2) is 7.47. The first-order valence-corrected chi connectivity index (χ1v) is 8.47. The fourth-order valence-electron chi connectivity index (χ4n) is 2.44. The van der Waals surface area contributed by atoms with Gasteiger partial charge in [-0.3, -0.25) is 0 Å². The molecule has 0 N–H and O–H groups in total. The van der Waals surface area contributed by atoms with Gasteiger partial charge in [-0.1, -0.05) is 47.1 Å².